The van der Waals surface area contributed by atoms with Crippen LogP contribution in [0.25, 0.3) is 10.8 Å². The summed E-state index contributed by atoms with van der Waals surface area (Å²) in [5.41, 5.74) is 2.00. The summed E-state index contributed by atoms with van der Waals surface area (Å²) >= 11 is 1.75. The predicted octanol–water partition coefficient (Wildman–Crippen LogP) is 5.17. The number of aryl methyl sites for hydroxylation is 1. The lowest BCUT2D eigenvalue weighted by Gasteiger charge is -2.09. The molecule has 0 aliphatic rings. The molecule has 0 unspecified atom stereocenters. The SMILES string of the molecule is Cc1ccccc1Sc1ccc(C#N)c2ccccc12. The zero-order valence-corrected chi connectivity index (χ0v) is 11.9. The van der Waals surface area contributed by atoms with Crippen LogP contribution in [-0.4, -0.2) is 0 Å². The molecule has 1 nitrogen and oxygen atoms in total. The molecular formula is C18H13NS. The Hall–Kier alpha value is -2.24. The van der Waals surface area contributed by atoms with Crippen LogP contribution in [0.15, 0.2) is 70.5 Å². The van der Waals surface area contributed by atoms with Gasteiger partial charge in [-0.2, -0.15) is 5.26 Å². The lowest BCUT2D eigenvalue weighted by molar-refractivity contribution is 1.30. The zero-order chi connectivity index (χ0) is 13.9. The fraction of sp³-hybridized carbons (Fsp3) is 0.0556. The van der Waals surface area contributed by atoms with Crippen molar-refractivity contribution in [3.05, 3.63) is 71.8 Å². The molecule has 20 heavy (non-hydrogen) atoms. The van der Waals surface area contributed by atoms with Crippen LogP contribution in [0.2, 0.25) is 0 Å². The van der Waals surface area contributed by atoms with Crippen molar-refractivity contribution in [2.45, 2.75) is 16.7 Å². The first-order valence-corrected chi connectivity index (χ1v) is 7.26. The van der Waals surface area contributed by atoms with E-state index in [4.69, 9.17) is 0 Å². The number of hydrogen-bond acceptors (Lipinski definition) is 2. The van der Waals surface area contributed by atoms with Crippen molar-refractivity contribution < 1.29 is 0 Å². The molecule has 3 aromatic carbocycles. The maximum atomic E-state index is 9.20. The van der Waals surface area contributed by atoms with E-state index in [0.717, 1.165) is 16.3 Å². The van der Waals surface area contributed by atoms with Gasteiger partial charge < -0.3 is 0 Å². The van der Waals surface area contributed by atoms with Crippen LogP contribution in [0, 0.1) is 18.3 Å². The Labute approximate surface area is 122 Å². The molecule has 0 heterocycles. The van der Waals surface area contributed by atoms with E-state index in [-0.39, 0.29) is 0 Å². The maximum Gasteiger partial charge on any atom is 0.0998 e. The summed E-state index contributed by atoms with van der Waals surface area (Å²) in [6.07, 6.45) is 0. The second-order valence-electron chi connectivity index (χ2n) is 4.64. The van der Waals surface area contributed by atoms with E-state index in [1.54, 1.807) is 11.8 Å². The van der Waals surface area contributed by atoms with Gasteiger partial charge in [-0.15, -0.1) is 0 Å². The summed E-state index contributed by atoms with van der Waals surface area (Å²) in [5.74, 6) is 0. The first-order valence-electron chi connectivity index (χ1n) is 6.45. The highest BCUT2D eigenvalue weighted by molar-refractivity contribution is 7.99. The Morgan fingerprint density at radius 2 is 1.50 bits per heavy atom. The fourth-order valence-electron chi connectivity index (χ4n) is 2.25. The van der Waals surface area contributed by atoms with Crippen LogP contribution >= 0.6 is 11.8 Å². The van der Waals surface area contributed by atoms with Gasteiger partial charge in [-0.1, -0.05) is 54.2 Å². The highest BCUT2D eigenvalue weighted by atomic mass is 32.2. The molecule has 2 heteroatoms. The van der Waals surface area contributed by atoms with Crippen molar-refractivity contribution in [2.75, 3.05) is 0 Å². The second-order valence-corrected chi connectivity index (χ2v) is 5.72. The van der Waals surface area contributed by atoms with Crippen LogP contribution in [0.4, 0.5) is 0 Å². The van der Waals surface area contributed by atoms with Gasteiger partial charge in [0.2, 0.25) is 0 Å². The molecule has 0 radical (unpaired) electrons. The first kappa shape index (κ1) is 12.8. The number of nitriles is 1. The summed E-state index contributed by atoms with van der Waals surface area (Å²) in [7, 11) is 0. The van der Waals surface area contributed by atoms with E-state index in [2.05, 4.69) is 43.3 Å². The maximum absolute atomic E-state index is 9.20. The smallest absolute Gasteiger partial charge is 0.0998 e. The second kappa shape index (κ2) is 5.40. The number of hydrogen-bond donors (Lipinski definition) is 0. The van der Waals surface area contributed by atoms with E-state index in [1.807, 2.05) is 30.3 Å². The van der Waals surface area contributed by atoms with Crippen molar-refractivity contribution in [2.24, 2.45) is 0 Å². The quantitative estimate of drug-likeness (QED) is 0.644. The van der Waals surface area contributed by atoms with Crippen LogP contribution in [0.1, 0.15) is 11.1 Å². The highest BCUT2D eigenvalue weighted by Gasteiger charge is 2.07. The van der Waals surface area contributed by atoms with Gasteiger partial charge in [-0.05, 0) is 36.1 Å². The normalized spacial score (nSPS) is 10.4. The number of benzene rings is 3. The van der Waals surface area contributed by atoms with Gasteiger partial charge in [0, 0.05) is 15.2 Å². The van der Waals surface area contributed by atoms with Gasteiger partial charge >= 0.3 is 0 Å². The Bertz CT molecular complexity index is 815. The molecule has 3 aromatic rings. The minimum absolute atomic E-state index is 0.731. The molecule has 0 spiro atoms. The largest absolute Gasteiger partial charge is 0.192 e. The van der Waals surface area contributed by atoms with Gasteiger partial charge in [0.15, 0.2) is 0 Å². The lowest BCUT2D eigenvalue weighted by Crippen LogP contribution is -1.84. The van der Waals surface area contributed by atoms with Crippen molar-refractivity contribution in [3.8, 4) is 6.07 Å². The van der Waals surface area contributed by atoms with Gasteiger partial charge in [0.1, 0.15) is 0 Å². The van der Waals surface area contributed by atoms with Gasteiger partial charge in [0.05, 0.1) is 11.6 Å². The highest BCUT2D eigenvalue weighted by Crippen LogP contribution is 2.36. The first-order chi connectivity index (χ1) is 9.79. The van der Waals surface area contributed by atoms with Crippen molar-refractivity contribution in [3.63, 3.8) is 0 Å². The topological polar surface area (TPSA) is 23.8 Å². The molecule has 0 saturated carbocycles. The van der Waals surface area contributed by atoms with Crippen LogP contribution < -0.4 is 0 Å². The minimum atomic E-state index is 0.731. The standard InChI is InChI=1S/C18H13NS/c1-13-6-2-5-9-17(13)20-18-11-10-14(12-19)15-7-3-4-8-16(15)18/h2-11H,1H3. The van der Waals surface area contributed by atoms with Crippen molar-refractivity contribution in [1.29, 1.82) is 5.26 Å². The molecule has 96 valence electrons. The van der Waals surface area contributed by atoms with E-state index in [1.165, 1.54) is 15.4 Å². The van der Waals surface area contributed by atoms with E-state index in [0.29, 0.717) is 0 Å². The third kappa shape index (κ3) is 2.29. The Kier molecular flexibility index (Phi) is 3.45. The predicted molar refractivity (Wildman–Crippen MR) is 84.0 cm³/mol. The molecule has 0 atom stereocenters. The summed E-state index contributed by atoms with van der Waals surface area (Å²) in [6, 6.07) is 22.7. The lowest BCUT2D eigenvalue weighted by atomic mass is 10.1. The molecule has 0 amide bonds. The molecule has 0 fully saturated rings. The number of rotatable bonds is 2. The van der Waals surface area contributed by atoms with Gasteiger partial charge in [-0.3, -0.25) is 0 Å². The Morgan fingerprint density at radius 3 is 2.25 bits per heavy atom. The van der Waals surface area contributed by atoms with Crippen LogP contribution in [-0.2, 0) is 0 Å². The number of nitrogens with zero attached hydrogens (tertiary/aromatic N) is 1. The van der Waals surface area contributed by atoms with Crippen LogP contribution in [0.3, 0.4) is 0 Å². The number of fused-ring (bicyclic) bond motifs is 1. The molecule has 0 saturated heterocycles. The molecule has 3 rings (SSSR count). The monoisotopic (exact) mass is 275 g/mol. The minimum Gasteiger partial charge on any atom is -0.192 e. The molecule has 0 aliphatic heterocycles. The summed E-state index contributed by atoms with van der Waals surface area (Å²) in [5, 5.41) is 11.4. The summed E-state index contributed by atoms with van der Waals surface area (Å²) in [6.45, 7) is 2.12. The summed E-state index contributed by atoms with van der Waals surface area (Å²) in [4.78, 5) is 2.44. The Balaban J connectivity index is 2.14. The van der Waals surface area contributed by atoms with Crippen molar-refractivity contribution in [1.82, 2.24) is 0 Å². The van der Waals surface area contributed by atoms with Crippen molar-refractivity contribution >= 4 is 22.5 Å². The average molecular weight is 275 g/mol. The van der Waals surface area contributed by atoms with Gasteiger partial charge in [0.25, 0.3) is 0 Å². The Morgan fingerprint density at radius 1 is 0.800 bits per heavy atom. The average Bonchev–Trinajstić information content (AvgIpc) is 2.50. The molecule has 0 bridgehead atoms. The van der Waals surface area contributed by atoms with Crippen LogP contribution in [0.5, 0.6) is 0 Å². The van der Waals surface area contributed by atoms with E-state index >= 15 is 0 Å². The third-order valence-corrected chi connectivity index (χ3v) is 4.57. The zero-order valence-electron chi connectivity index (χ0n) is 11.1. The van der Waals surface area contributed by atoms with Gasteiger partial charge in [-0.25, -0.2) is 0 Å². The molecule has 0 aliphatic carbocycles. The van der Waals surface area contributed by atoms with E-state index < -0.39 is 0 Å². The summed E-state index contributed by atoms with van der Waals surface area (Å²) < 4.78 is 0. The molecular weight excluding hydrogens is 262 g/mol. The molecule has 0 N–H and O–H groups in total. The molecule has 0 aromatic heterocycles. The fourth-order valence-corrected chi connectivity index (χ4v) is 3.28. The van der Waals surface area contributed by atoms with E-state index in [9.17, 15) is 5.26 Å². The third-order valence-electron chi connectivity index (χ3n) is 3.32.